The molecule has 2 amide bonds. The van der Waals surface area contributed by atoms with Crippen LogP contribution in [0, 0.1) is 11.6 Å². The Bertz CT molecular complexity index is 1740. The van der Waals surface area contributed by atoms with Crippen molar-refractivity contribution in [3.05, 3.63) is 90.0 Å². The Balaban J connectivity index is 1.44. The zero-order chi connectivity index (χ0) is 30.6. The summed E-state index contributed by atoms with van der Waals surface area (Å²) in [6.45, 7) is 6.22. The number of fused-ring (bicyclic) bond motifs is 2. The van der Waals surface area contributed by atoms with E-state index in [0.717, 1.165) is 25.7 Å². The maximum absolute atomic E-state index is 14.2. The zero-order valence-corrected chi connectivity index (χ0v) is 24.7. The van der Waals surface area contributed by atoms with Crippen molar-refractivity contribution in [3.63, 3.8) is 0 Å². The van der Waals surface area contributed by atoms with Gasteiger partial charge in [-0.1, -0.05) is 24.3 Å². The molecule has 0 saturated carbocycles. The van der Waals surface area contributed by atoms with Gasteiger partial charge in [0.25, 0.3) is 11.8 Å². The third-order valence-corrected chi connectivity index (χ3v) is 9.45. The van der Waals surface area contributed by atoms with Gasteiger partial charge in [-0.3, -0.25) is 9.59 Å². The number of pyridine rings is 1. The Morgan fingerprint density at radius 1 is 0.636 bits per heavy atom. The van der Waals surface area contributed by atoms with E-state index in [-0.39, 0.29) is 11.8 Å². The van der Waals surface area contributed by atoms with Crippen LogP contribution in [0.2, 0.25) is 0 Å². The Morgan fingerprint density at radius 3 is 1.36 bits per heavy atom. The smallest absolute Gasteiger partial charge is 0.253 e. The van der Waals surface area contributed by atoms with Crippen molar-refractivity contribution in [2.75, 3.05) is 26.2 Å². The largest absolute Gasteiger partial charge is 0.340 e. The molecule has 0 unspecified atom stereocenters. The summed E-state index contributed by atoms with van der Waals surface area (Å²) in [6.07, 6.45) is 6.86. The van der Waals surface area contributed by atoms with Gasteiger partial charge in [0.15, 0.2) is 11.3 Å². The average Bonchev–Trinajstić information content (AvgIpc) is 3.86. The van der Waals surface area contributed by atoms with Gasteiger partial charge in [-0.15, -0.1) is 0 Å². The number of likely N-dealkylation sites (tertiary alicyclic amines) is 2. The second-order valence-electron chi connectivity index (χ2n) is 12.1. The first kappa shape index (κ1) is 28.1. The molecule has 2 fully saturated rings. The van der Waals surface area contributed by atoms with E-state index in [1.54, 1.807) is 46.1 Å². The fourth-order valence-corrected chi connectivity index (χ4v) is 6.82. The summed E-state index contributed by atoms with van der Waals surface area (Å²) in [7, 11) is 0. The number of nitrogens with zero attached hydrogens (tertiary/aromatic N) is 7. The van der Waals surface area contributed by atoms with Gasteiger partial charge in [0, 0.05) is 26.2 Å². The van der Waals surface area contributed by atoms with Crippen LogP contribution >= 0.6 is 0 Å². The molecule has 2 atom stereocenters. The van der Waals surface area contributed by atoms with E-state index in [1.807, 2.05) is 29.7 Å². The number of hydrogen-bond acceptors (Lipinski definition) is 5. The van der Waals surface area contributed by atoms with Gasteiger partial charge in [0.05, 0.1) is 23.7 Å². The molecule has 226 valence electrons. The van der Waals surface area contributed by atoms with Gasteiger partial charge >= 0.3 is 0 Å². The van der Waals surface area contributed by atoms with Crippen molar-refractivity contribution in [2.45, 2.75) is 50.6 Å². The topological polar surface area (TPSA) is 89.1 Å². The Morgan fingerprint density at radius 2 is 1.00 bits per heavy atom. The third-order valence-electron chi connectivity index (χ3n) is 9.45. The van der Waals surface area contributed by atoms with Crippen molar-refractivity contribution in [1.29, 1.82) is 0 Å². The summed E-state index contributed by atoms with van der Waals surface area (Å²) < 4.78 is 31.6. The monoisotopic (exact) mass is 597 g/mol. The Hall–Kier alpha value is -4.67. The first-order valence-corrected chi connectivity index (χ1v) is 15.0. The fraction of sp³-hybridized carbons (Fsp3) is 0.364. The summed E-state index contributed by atoms with van der Waals surface area (Å²) in [5.74, 6) is -1.02. The van der Waals surface area contributed by atoms with Crippen molar-refractivity contribution in [1.82, 2.24) is 33.9 Å². The van der Waals surface area contributed by atoms with E-state index < -0.39 is 22.7 Å². The molecule has 44 heavy (non-hydrogen) atoms. The van der Waals surface area contributed by atoms with Crippen LogP contribution in [0.1, 0.15) is 50.7 Å². The summed E-state index contributed by atoms with van der Waals surface area (Å²) in [5, 5.41) is 0. The third kappa shape index (κ3) is 4.28. The van der Waals surface area contributed by atoms with Gasteiger partial charge in [-0.25, -0.2) is 23.7 Å². The second-order valence-corrected chi connectivity index (χ2v) is 12.1. The molecular formula is C33H33F2N7O2. The maximum Gasteiger partial charge on any atom is 0.253 e. The molecule has 2 saturated heterocycles. The lowest BCUT2D eigenvalue weighted by molar-refractivity contribution is -0.137. The van der Waals surface area contributed by atoms with Gasteiger partial charge in [-0.05, 0) is 81.0 Å². The molecule has 2 aliphatic heterocycles. The molecule has 9 nitrogen and oxygen atoms in total. The number of imidazole rings is 2. The standard InChI is InChI=1S/C33H33F2N7O2/c1-32(22-7-11-24(34)12-8-22,30(43)39-15-3-4-16-39)41-20-36-28-26(41)19-27-29(38-28)37-21-42(27)33(2,23-9-13-25(35)14-10-23)31(44)40-17-5-6-18-40/h7-14,19-21H,3-6,15-18H2,1-2H3/t32-,33-/m1/s1. The van der Waals surface area contributed by atoms with Crippen LogP contribution in [-0.4, -0.2) is 71.9 Å². The lowest BCUT2D eigenvalue weighted by Gasteiger charge is -2.35. The van der Waals surface area contributed by atoms with E-state index in [1.165, 1.54) is 24.3 Å². The molecule has 0 aliphatic carbocycles. The molecule has 0 radical (unpaired) electrons. The number of carbonyl (C=O) groups is 2. The van der Waals surface area contributed by atoms with Crippen LogP contribution in [0.25, 0.3) is 22.3 Å². The minimum atomic E-state index is -1.25. The number of rotatable bonds is 6. The molecule has 7 rings (SSSR count). The molecule has 5 heterocycles. The Kier molecular flexibility index (Phi) is 6.71. The van der Waals surface area contributed by atoms with Gasteiger partial charge < -0.3 is 18.9 Å². The van der Waals surface area contributed by atoms with Gasteiger partial charge in [-0.2, -0.15) is 0 Å². The molecule has 0 bridgehead atoms. The molecule has 11 heteroatoms. The first-order valence-electron chi connectivity index (χ1n) is 15.0. The highest BCUT2D eigenvalue weighted by atomic mass is 19.1. The highest BCUT2D eigenvalue weighted by Crippen LogP contribution is 2.37. The summed E-state index contributed by atoms with van der Waals surface area (Å²) in [6, 6.07) is 13.8. The molecule has 5 aromatic rings. The minimum Gasteiger partial charge on any atom is -0.340 e. The Labute approximate surface area is 253 Å². The number of amides is 2. The number of aromatic nitrogens is 5. The van der Waals surface area contributed by atoms with Gasteiger partial charge in [0.2, 0.25) is 0 Å². The molecule has 3 aromatic heterocycles. The molecule has 0 N–H and O–H groups in total. The van der Waals surface area contributed by atoms with Crippen LogP contribution in [0.5, 0.6) is 0 Å². The number of hydrogen-bond donors (Lipinski definition) is 0. The highest BCUT2D eigenvalue weighted by molar-refractivity contribution is 5.94. The quantitative estimate of drug-likeness (QED) is 0.280. The summed E-state index contributed by atoms with van der Waals surface area (Å²) in [5.41, 5.74) is 0.631. The molecule has 0 spiro atoms. The van der Waals surface area contributed by atoms with Crippen LogP contribution < -0.4 is 0 Å². The molecule has 2 aliphatic rings. The molecule has 2 aromatic carbocycles. The number of halogens is 2. The fourth-order valence-electron chi connectivity index (χ4n) is 6.82. The van der Waals surface area contributed by atoms with Crippen molar-refractivity contribution < 1.29 is 18.4 Å². The van der Waals surface area contributed by atoms with Crippen LogP contribution in [0.3, 0.4) is 0 Å². The molecular weight excluding hydrogens is 564 g/mol. The van der Waals surface area contributed by atoms with Crippen molar-refractivity contribution in [2.24, 2.45) is 0 Å². The zero-order valence-electron chi connectivity index (χ0n) is 24.7. The lowest BCUT2D eigenvalue weighted by Crippen LogP contribution is -2.48. The summed E-state index contributed by atoms with van der Waals surface area (Å²) >= 11 is 0. The van der Waals surface area contributed by atoms with Crippen LogP contribution in [-0.2, 0) is 20.7 Å². The van der Waals surface area contributed by atoms with E-state index in [2.05, 4.69) is 9.97 Å². The predicted molar refractivity (Wildman–Crippen MR) is 161 cm³/mol. The first-order chi connectivity index (χ1) is 21.2. The lowest BCUT2D eigenvalue weighted by atomic mass is 9.89. The van der Waals surface area contributed by atoms with Gasteiger partial charge in [0.1, 0.15) is 22.7 Å². The normalized spacial score (nSPS) is 18.2. The SMILES string of the molecule is C[C@](C(=O)N1CCCC1)(c1ccc(F)cc1)n1cnc2nc3ncn([C@@](C)(C(=O)N4CCCC4)c4ccc(F)cc4)c3cc21. The number of carbonyl (C=O) groups excluding carboxylic acids is 2. The van der Waals surface area contributed by atoms with E-state index in [9.17, 15) is 18.4 Å². The maximum atomic E-state index is 14.2. The highest BCUT2D eigenvalue weighted by Gasteiger charge is 2.44. The van der Waals surface area contributed by atoms with Crippen molar-refractivity contribution in [3.8, 4) is 0 Å². The number of benzene rings is 2. The predicted octanol–water partition coefficient (Wildman–Crippen LogP) is 4.83. The van der Waals surface area contributed by atoms with Crippen molar-refractivity contribution >= 4 is 34.1 Å². The van der Waals surface area contributed by atoms with E-state index >= 15 is 0 Å². The van der Waals surface area contributed by atoms with Crippen LogP contribution in [0.15, 0.2) is 67.3 Å². The average molecular weight is 598 g/mol. The van der Waals surface area contributed by atoms with E-state index in [4.69, 9.17) is 4.98 Å². The second kappa shape index (κ2) is 10.5. The van der Waals surface area contributed by atoms with E-state index in [0.29, 0.717) is 59.6 Å². The minimum absolute atomic E-state index is 0.116. The summed E-state index contributed by atoms with van der Waals surface area (Å²) in [4.78, 5) is 46.0. The van der Waals surface area contributed by atoms with Crippen LogP contribution in [0.4, 0.5) is 8.78 Å².